The van der Waals surface area contributed by atoms with Crippen LogP contribution in [0.3, 0.4) is 0 Å². The lowest BCUT2D eigenvalue weighted by atomic mass is 9.69. The van der Waals surface area contributed by atoms with Gasteiger partial charge in [0.1, 0.15) is 17.1 Å². The molecule has 2 aliphatic carbocycles. The number of hydrogen-bond donors (Lipinski definition) is 2. The largest absolute Gasteiger partial charge is 0.468 e. The van der Waals surface area contributed by atoms with Crippen LogP contribution < -0.4 is 0 Å². The van der Waals surface area contributed by atoms with Crippen molar-refractivity contribution in [1.29, 1.82) is 0 Å². The van der Waals surface area contributed by atoms with E-state index in [-0.39, 0.29) is 30.3 Å². The molecule has 0 radical (unpaired) electrons. The minimum absolute atomic E-state index is 0.0500. The van der Waals surface area contributed by atoms with Gasteiger partial charge in [0.2, 0.25) is 0 Å². The maximum Gasteiger partial charge on any atom is 0.188 e. The quantitative estimate of drug-likeness (QED) is 0.328. The number of hydrogen-bond acceptors (Lipinski definition) is 6. The lowest BCUT2D eigenvalue weighted by Crippen LogP contribution is -2.47. The van der Waals surface area contributed by atoms with E-state index < -0.39 is 29.3 Å². The zero-order valence-electron chi connectivity index (χ0n) is 23.0. The Labute approximate surface area is 220 Å². The molecule has 0 aromatic carbocycles. The van der Waals surface area contributed by atoms with Crippen LogP contribution in [0.2, 0.25) is 0 Å². The molecular weight excluding hydrogens is 468 g/mol. The molecule has 0 saturated heterocycles. The van der Waals surface area contributed by atoms with Crippen molar-refractivity contribution < 1.29 is 29.3 Å². The van der Waals surface area contributed by atoms with Gasteiger partial charge in [0, 0.05) is 24.3 Å². The van der Waals surface area contributed by atoms with E-state index in [2.05, 4.69) is 26.8 Å². The Kier molecular flexibility index (Phi) is 9.30. The number of allylic oxidation sites excluding steroid dienone is 7. The summed E-state index contributed by atoms with van der Waals surface area (Å²) >= 11 is 0. The molecule has 1 saturated carbocycles. The Bertz CT molecular complexity index is 1070. The molecule has 202 valence electrons. The highest BCUT2D eigenvalue weighted by molar-refractivity contribution is 6.02. The number of fused-ring (bicyclic) bond motifs is 1. The molecule has 0 spiro atoms. The fraction of sp³-hybridized carbons (Fsp3) is 0.581. The molecule has 0 amide bonds. The van der Waals surface area contributed by atoms with Crippen molar-refractivity contribution in [3.63, 3.8) is 0 Å². The summed E-state index contributed by atoms with van der Waals surface area (Å²) in [6.07, 6.45) is 12.1. The summed E-state index contributed by atoms with van der Waals surface area (Å²) in [6, 6.07) is 0. The van der Waals surface area contributed by atoms with E-state index in [1.165, 1.54) is 25.3 Å². The van der Waals surface area contributed by atoms with E-state index in [0.29, 0.717) is 35.2 Å². The number of rotatable bonds is 9. The first-order valence-electron chi connectivity index (χ1n) is 13.5. The highest BCUT2D eigenvalue weighted by Gasteiger charge is 2.47. The van der Waals surface area contributed by atoms with Gasteiger partial charge in [-0.1, -0.05) is 51.8 Å². The summed E-state index contributed by atoms with van der Waals surface area (Å²) in [5, 5.41) is 21.0. The number of Topliss-reactive ketones (excluding diaryl/α,β-unsaturated/α-hetero) is 1. The molecule has 6 heteroatoms. The molecule has 1 heterocycles. The number of carbonyl (C=O) groups excluding carboxylic acids is 3. The number of ether oxygens (including phenoxy) is 1. The van der Waals surface area contributed by atoms with Gasteiger partial charge >= 0.3 is 0 Å². The van der Waals surface area contributed by atoms with Crippen LogP contribution in [0, 0.1) is 29.6 Å². The monoisotopic (exact) mass is 510 g/mol. The van der Waals surface area contributed by atoms with E-state index >= 15 is 0 Å². The molecule has 2 unspecified atom stereocenters. The fourth-order valence-corrected chi connectivity index (χ4v) is 5.74. The number of aliphatic hydroxyl groups is 2. The molecule has 6 nitrogen and oxygen atoms in total. The van der Waals surface area contributed by atoms with E-state index in [1.807, 2.05) is 13.8 Å². The van der Waals surface area contributed by atoms with Gasteiger partial charge in [-0.25, -0.2) is 0 Å². The molecular formula is C31H42O6. The molecule has 7 atom stereocenters. The average molecular weight is 511 g/mol. The molecule has 1 aliphatic heterocycles. The van der Waals surface area contributed by atoms with E-state index in [0.717, 1.165) is 18.4 Å². The third kappa shape index (κ3) is 6.85. The first-order valence-corrected chi connectivity index (χ1v) is 13.5. The van der Waals surface area contributed by atoms with Crippen LogP contribution in [0.5, 0.6) is 0 Å². The maximum atomic E-state index is 12.9. The van der Waals surface area contributed by atoms with Gasteiger partial charge in [-0.2, -0.15) is 0 Å². The summed E-state index contributed by atoms with van der Waals surface area (Å²) in [6.45, 7) is 11.9. The van der Waals surface area contributed by atoms with Gasteiger partial charge < -0.3 is 14.9 Å². The Balaban J connectivity index is 1.76. The lowest BCUT2D eigenvalue weighted by Gasteiger charge is -2.39. The van der Waals surface area contributed by atoms with E-state index in [1.54, 1.807) is 12.2 Å². The van der Waals surface area contributed by atoms with Gasteiger partial charge in [0.15, 0.2) is 11.6 Å². The fourth-order valence-electron chi connectivity index (χ4n) is 5.74. The minimum Gasteiger partial charge on any atom is -0.468 e. The van der Waals surface area contributed by atoms with Gasteiger partial charge in [0.05, 0.1) is 18.3 Å². The van der Waals surface area contributed by atoms with Crippen LogP contribution in [0.4, 0.5) is 0 Å². The molecule has 3 aliphatic rings. The molecule has 0 bridgehead atoms. The molecule has 37 heavy (non-hydrogen) atoms. The Morgan fingerprint density at radius 1 is 1.24 bits per heavy atom. The zero-order chi connectivity index (χ0) is 27.5. The normalized spacial score (nSPS) is 32.2. The second-order valence-corrected chi connectivity index (χ2v) is 11.6. The molecule has 0 aromatic heterocycles. The van der Waals surface area contributed by atoms with Gasteiger partial charge in [-0.15, -0.1) is 0 Å². The van der Waals surface area contributed by atoms with Crippen LogP contribution in [-0.2, 0) is 19.1 Å². The van der Waals surface area contributed by atoms with Crippen molar-refractivity contribution in [2.24, 2.45) is 29.6 Å². The van der Waals surface area contributed by atoms with Gasteiger partial charge in [0.25, 0.3) is 0 Å². The first kappa shape index (κ1) is 29.0. The van der Waals surface area contributed by atoms with Crippen LogP contribution in [0.15, 0.2) is 59.1 Å². The van der Waals surface area contributed by atoms with Crippen molar-refractivity contribution in [1.82, 2.24) is 0 Å². The number of aliphatic hydroxyl groups excluding tert-OH is 1. The summed E-state index contributed by atoms with van der Waals surface area (Å²) in [4.78, 5) is 38.4. The molecule has 0 aromatic rings. The van der Waals surface area contributed by atoms with Crippen LogP contribution in [-0.4, -0.2) is 39.3 Å². The molecule has 1 fully saturated rings. The van der Waals surface area contributed by atoms with Crippen LogP contribution in [0.1, 0.15) is 73.6 Å². The second-order valence-electron chi connectivity index (χ2n) is 11.6. The van der Waals surface area contributed by atoms with Crippen LogP contribution in [0.25, 0.3) is 0 Å². The summed E-state index contributed by atoms with van der Waals surface area (Å²) in [5.74, 6) is -0.656. The van der Waals surface area contributed by atoms with Crippen molar-refractivity contribution in [3.8, 4) is 0 Å². The van der Waals surface area contributed by atoms with Gasteiger partial charge in [-0.05, 0) is 68.2 Å². The Morgan fingerprint density at radius 3 is 2.59 bits per heavy atom. The molecule has 2 N–H and O–H groups in total. The smallest absolute Gasteiger partial charge is 0.188 e. The van der Waals surface area contributed by atoms with Crippen molar-refractivity contribution in [2.45, 2.75) is 85.4 Å². The summed E-state index contributed by atoms with van der Waals surface area (Å²) in [5.41, 5.74) is 0.378. The maximum absolute atomic E-state index is 12.9. The predicted octanol–water partition coefficient (Wildman–Crippen LogP) is 5.17. The van der Waals surface area contributed by atoms with Gasteiger partial charge in [-0.3, -0.25) is 14.4 Å². The highest BCUT2D eigenvalue weighted by Crippen LogP contribution is 2.43. The zero-order valence-corrected chi connectivity index (χ0v) is 23.0. The summed E-state index contributed by atoms with van der Waals surface area (Å²) < 4.78 is 5.88. The van der Waals surface area contributed by atoms with E-state index in [9.17, 15) is 24.6 Å². The van der Waals surface area contributed by atoms with Crippen molar-refractivity contribution in [2.75, 3.05) is 0 Å². The lowest BCUT2D eigenvalue weighted by molar-refractivity contribution is -0.136. The Morgan fingerprint density at radius 2 is 1.95 bits per heavy atom. The third-order valence-electron chi connectivity index (χ3n) is 8.05. The number of ketones is 3. The standard InChI is InChI=1S/C31H42O6/c1-7-18(2)10-20(4)11-19(3)8-9-23(32)15-26-25-17-37-28(13-22(25)14-29(35)31(26,6)36)30-21(5)12-24(33)16-27(30)34/h8-9,11,13-14,17-18,20-21,24,26,30,33,36H,7,10,12,15-16H2,1-6H3/b9-8+,19-11+/t18?,20?,21-,24+,26-,30+,31+/m0/s1. The topological polar surface area (TPSA) is 101 Å². The van der Waals surface area contributed by atoms with Crippen molar-refractivity contribution in [3.05, 3.63) is 59.1 Å². The Hall–Kier alpha value is -2.57. The predicted molar refractivity (Wildman–Crippen MR) is 143 cm³/mol. The van der Waals surface area contributed by atoms with E-state index in [4.69, 9.17) is 4.74 Å². The first-order chi connectivity index (χ1) is 17.3. The SMILES string of the molecule is CCC(C)CC(C)/C=C(C)/C=C/C(=O)C[C@H]1C2=COC([C@H]3C(=O)C[C@H](O)C[C@@H]3C)=CC2=CC(=O)[C@]1(C)O. The highest BCUT2D eigenvalue weighted by atomic mass is 16.5. The second kappa shape index (κ2) is 11.9. The summed E-state index contributed by atoms with van der Waals surface area (Å²) in [7, 11) is 0. The number of carbonyl (C=O) groups is 3. The third-order valence-corrected chi connectivity index (χ3v) is 8.05. The van der Waals surface area contributed by atoms with Crippen LogP contribution >= 0.6 is 0 Å². The average Bonchev–Trinajstić information content (AvgIpc) is 2.80. The molecule has 3 rings (SSSR count). The van der Waals surface area contributed by atoms with Crippen molar-refractivity contribution >= 4 is 17.3 Å². The minimum atomic E-state index is -1.75.